The van der Waals surface area contributed by atoms with E-state index in [1.54, 1.807) is 19.2 Å². The van der Waals surface area contributed by atoms with Crippen LogP contribution in [0.3, 0.4) is 0 Å². The Morgan fingerprint density at radius 3 is 2.81 bits per heavy atom. The average Bonchev–Trinajstić information content (AvgIpc) is 2.89. The molecule has 0 aliphatic heterocycles. The van der Waals surface area contributed by atoms with E-state index in [1.807, 2.05) is 18.0 Å². The highest BCUT2D eigenvalue weighted by atomic mass is 127. The lowest BCUT2D eigenvalue weighted by Gasteiger charge is -2.21. The van der Waals surface area contributed by atoms with Gasteiger partial charge in [0, 0.05) is 20.6 Å². The van der Waals surface area contributed by atoms with E-state index in [9.17, 15) is 4.79 Å². The molecule has 1 amide bonds. The van der Waals surface area contributed by atoms with Crippen molar-refractivity contribution in [1.82, 2.24) is 10.2 Å². The van der Waals surface area contributed by atoms with E-state index in [-0.39, 0.29) is 29.7 Å². The number of unbranched alkanes of at least 4 members (excludes halogenated alkanes) is 1. The number of carbonyl (C=O) groups is 1. The fraction of sp³-hybridized carbons (Fsp3) is 0.429. The number of nitrogens with two attached hydrogens (primary N) is 1. The summed E-state index contributed by atoms with van der Waals surface area (Å²) in [5, 5.41) is 3.17. The molecule has 21 heavy (non-hydrogen) atoms. The lowest BCUT2D eigenvalue weighted by atomic mass is 10.3. The third-order valence-corrected chi connectivity index (χ3v) is 2.80. The zero-order valence-corrected chi connectivity index (χ0v) is 14.8. The Balaban J connectivity index is 0.00000400. The van der Waals surface area contributed by atoms with Crippen LogP contribution < -0.4 is 11.1 Å². The standard InChI is InChI=1S/C14H22N4O2.HI/c1-4-5-6-9-18(3)14(16-2)17-10-11-7-8-12(20-11)13(15)19;/h4,7-8H,1,5-6,9-10H2,2-3H3,(H2,15,19)(H,16,17);1H. The van der Waals surface area contributed by atoms with Gasteiger partial charge in [-0.3, -0.25) is 9.79 Å². The van der Waals surface area contributed by atoms with E-state index in [2.05, 4.69) is 16.9 Å². The van der Waals surface area contributed by atoms with Gasteiger partial charge in [0.1, 0.15) is 5.76 Å². The smallest absolute Gasteiger partial charge is 0.284 e. The molecule has 1 aromatic heterocycles. The van der Waals surface area contributed by atoms with Gasteiger partial charge < -0.3 is 20.4 Å². The lowest BCUT2D eigenvalue weighted by molar-refractivity contribution is 0.0972. The van der Waals surface area contributed by atoms with E-state index in [0.717, 1.165) is 25.3 Å². The van der Waals surface area contributed by atoms with Gasteiger partial charge in [-0.2, -0.15) is 0 Å². The predicted molar refractivity (Wildman–Crippen MR) is 94.9 cm³/mol. The van der Waals surface area contributed by atoms with Crippen LogP contribution in [-0.4, -0.2) is 37.4 Å². The molecule has 0 saturated heterocycles. The third-order valence-electron chi connectivity index (χ3n) is 2.80. The molecule has 1 heterocycles. The van der Waals surface area contributed by atoms with Crippen molar-refractivity contribution < 1.29 is 9.21 Å². The minimum Gasteiger partial charge on any atom is -0.454 e. The number of nitrogens with one attached hydrogen (secondary N) is 1. The van der Waals surface area contributed by atoms with Crippen LogP contribution in [0.1, 0.15) is 29.2 Å². The van der Waals surface area contributed by atoms with Crippen molar-refractivity contribution in [2.45, 2.75) is 19.4 Å². The number of halogens is 1. The minimum atomic E-state index is -0.567. The van der Waals surface area contributed by atoms with Crippen LogP contribution in [0.15, 0.2) is 34.2 Å². The van der Waals surface area contributed by atoms with Gasteiger partial charge in [-0.1, -0.05) is 6.08 Å². The monoisotopic (exact) mass is 406 g/mol. The van der Waals surface area contributed by atoms with E-state index in [1.165, 1.54) is 0 Å². The molecule has 0 aliphatic rings. The van der Waals surface area contributed by atoms with Gasteiger partial charge in [0.2, 0.25) is 0 Å². The summed E-state index contributed by atoms with van der Waals surface area (Å²) < 4.78 is 5.29. The van der Waals surface area contributed by atoms with Gasteiger partial charge in [0.05, 0.1) is 6.54 Å². The predicted octanol–water partition coefficient (Wildman–Crippen LogP) is 1.97. The lowest BCUT2D eigenvalue weighted by Crippen LogP contribution is -2.38. The Kier molecular flexibility index (Phi) is 9.51. The van der Waals surface area contributed by atoms with Crippen molar-refractivity contribution in [3.63, 3.8) is 0 Å². The molecular weight excluding hydrogens is 383 g/mol. The van der Waals surface area contributed by atoms with Crippen LogP contribution in [0.5, 0.6) is 0 Å². The molecule has 0 atom stereocenters. The maximum absolute atomic E-state index is 10.9. The average molecular weight is 406 g/mol. The highest BCUT2D eigenvalue weighted by Crippen LogP contribution is 2.07. The molecule has 0 aromatic carbocycles. The van der Waals surface area contributed by atoms with Gasteiger partial charge >= 0.3 is 0 Å². The van der Waals surface area contributed by atoms with Crippen molar-refractivity contribution in [3.05, 3.63) is 36.3 Å². The summed E-state index contributed by atoms with van der Waals surface area (Å²) in [5.74, 6) is 1.00. The van der Waals surface area contributed by atoms with Gasteiger partial charge in [-0.25, -0.2) is 0 Å². The minimum absolute atomic E-state index is 0. The third kappa shape index (κ3) is 6.65. The summed E-state index contributed by atoms with van der Waals surface area (Å²) in [6, 6.07) is 3.29. The number of amides is 1. The molecule has 0 bridgehead atoms. The number of guanidine groups is 1. The molecule has 118 valence electrons. The zero-order chi connectivity index (χ0) is 15.0. The van der Waals surface area contributed by atoms with Crippen molar-refractivity contribution in [3.8, 4) is 0 Å². The Morgan fingerprint density at radius 2 is 2.29 bits per heavy atom. The zero-order valence-electron chi connectivity index (χ0n) is 12.5. The summed E-state index contributed by atoms with van der Waals surface area (Å²) >= 11 is 0. The number of carbonyl (C=O) groups excluding carboxylic acids is 1. The van der Waals surface area contributed by atoms with E-state index in [0.29, 0.717) is 12.3 Å². The molecular formula is C14H23IN4O2. The first-order chi connectivity index (χ1) is 9.58. The molecule has 1 rings (SSSR count). The van der Waals surface area contributed by atoms with Crippen LogP contribution >= 0.6 is 24.0 Å². The number of hydrogen-bond donors (Lipinski definition) is 2. The second kappa shape index (κ2) is 10.3. The highest BCUT2D eigenvalue weighted by Gasteiger charge is 2.09. The summed E-state index contributed by atoms with van der Waals surface area (Å²) in [7, 11) is 3.69. The van der Waals surface area contributed by atoms with Crippen LogP contribution in [0.25, 0.3) is 0 Å². The second-order valence-corrected chi connectivity index (χ2v) is 4.38. The van der Waals surface area contributed by atoms with Gasteiger partial charge in [0.15, 0.2) is 11.7 Å². The summed E-state index contributed by atoms with van der Waals surface area (Å²) in [5.41, 5.74) is 5.13. The Morgan fingerprint density at radius 1 is 1.57 bits per heavy atom. The molecule has 0 saturated carbocycles. The quantitative estimate of drug-likeness (QED) is 0.239. The molecule has 0 unspecified atom stereocenters. The van der Waals surface area contributed by atoms with Crippen LogP contribution in [-0.2, 0) is 6.54 Å². The maximum atomic E-state index is 10.9. The number of hydrogen-bond acceptors (Lipinski definition) is 3. The topological polar surface area (TPSA) is 83.9 Å². The maximum Gasteiger partial charge on any atom is 0.284 e. The first-order valence-electron chi connectivity index (χ1n) is 6.49. The Hall–Kier alpha value is -1.51. The van der Waals surface area contributed by atoms with E-state index in [4.69, 9.17) is 10.2 Å². The Labute approximate surface area is 142 Å². The second-order valence-electron chi connectivity index (χ2n) is 4.38. The van der Waals surface area contributed by atoms with Crippen LogP contribution in [0.2, 0.25) is 0 Å². The van der Waals surface area contributed by atoms with Gasteiger partial charge in [-0.05, 0) is 25.0 Å². The van der Waals surface area contributed by atoms with E-state index >= 15 is 0 Å². The molecule has 3 N–H and O–H groups in total. The fourth-order valence-electron chi connectivity index (χ4n) is 1.73. The fourth-order valence-corrected chi connectivity index (χ4v) is 1.73. The van der Waals surface area contributed by atoms with Gasteiger partial charge in [0.25, 0.3) is 5.91 Å². The number of aliphatic imine (C=N–C) groups is 1. The number of allylic oxidation sites excluding steroid dienone is 1. The molecule has 6 nitrogen and oxygen atoms in total. The molecule has 0 fully saturated rings. The van der Waals surface area contributed by atoms with Crippen molar-refractivity contribution in [1.29, 1.82) is 0 Å². The largest absolute Gasteiger partial charge is 0.454 e. The normalized spacial score (nSPS) is 10.7. The summed E-state index contributed by atoms with van der Waals surface area (Å²) in [6.45, 7) is 5.04. The first-order valence-corrected chi connectivity index (χ1v) is 6.49. The van der Waals surface area contributed by atoms with Crippen molar-refractivity contribution in [2.75, 3.05) is 20.6 Å². The first kappa shape index (κ1) is 19.5. The van der Waals surface area contributed by atoms with Crippen LogP contribution in [0, 0.1) is 0 Å². The van der Waals surface area contributed by atoms with Gasteiger partial charge in [-0.15, -0.1) is 30.6 Å². The van der Waals surface area contributed by atoms with Crippen molar-refractivity contribution in [2.24, 2.45) is 10.7 Å². The number of primary amides is 1. The number of rotatable bonds is 7. The number of nitrogens with zero attached hydrogens (tertiary/aromatic N) is 2. The Bertz CT molecular complexity index is 485. The molecule has 1 aromatic rings. The summed E-state index contributed by atoms with van der Waals surface area (Å²) in [4.78, 5) is 17.2. The molecule has 0 spiro atoms. The summed E-state index contributed by atoms with van der Waals surface area (Å²) in [6.07, 6.45) is 3.90. The van der Waals surface area contributed by atoms with Crippen molar-refractivity contribution >= 4 is 35.8 Å². The molecule has 0 radical (unpaired) electrons. The molecule has 7 heteroatoms. The number of furan rings is 1. The van der Waals surface area contributed by atoms with E-state index < -0.39 is 5.91 Å². The SMILES string of the molecule is C=CCCCN(C)C(=NC)NCc1ccc(C(N)=O)o1.I. The van der Waals surface area contributed by atoms with Crippen LogP contribution in [0.4, 0.5) is 0 Å². The highest BCUT2D eigenvalue weighted by molar-refractivity contribution is 14.0. The molecule has 0 aliphatic carbocycles.